The van der Waals surface area contributed by atoms with Crippen LogP contribution < -0.4 is 4.72 Å². The molecule has 0 heterocycles. The molecule has 17 heavy (non-hydrogen) atoms. The average Bonchev–Trinajstić information content (AvgIpc) is 2.34. The largest absolute Gasteiger partial charge is 0.214 e. The molecular weight excluding hydrogens is 278 g/mol. The predicted octanol–water partition coefficient (Wildman–Crippen LogP) is 2.33. The lowest BCUT2D eigenvalue weighted by Gasteiger charge is -2.05. The SMILES string of the molecule is O=S(=O)(CCCCl)NCCSc1ccccc1. The van der Waals surface area contributed by atoms with Crippen molar-refractivity contribution >= 4 is 33.4 Å². The first-order valence-electron chi connectivity index (χ1n) is 5.35. The van der Waals surface area contributed by atoms with Crippen molar-refractivity contribution in [1.29, 1.82) is 0 Å². The quantitative estimate of drug-likeness (QED) is 0.454. The summed E-state index contributed by atoms with van der Waals surface area (Å²) in [4.78, 5) is 1.15. The molecule has 0 aliphatic heterocycles. The molecule has 0 aliphatic carbocycles. The van der Waals surface area contributed by atoms with Crippen LogP contribution in [0.1, 0.15) is 6.42 Å². The topological polar surface area (TPSA) is 46.2 Å². The summed E-state index contributed by atoms with van der Waals surface area (Å²) in [6.07, 6.45) is 0.489. The highest BCUT2D eigenvalue weighted by molar-refractivity contribution is 7.99. The van der Waals surface area contributed by atoms with Gasteiger partial charge < -0.3 is 0 Å². The number of rotatable bonds is 8. The molecule has 0 unspecified atom stereocenters. The summed E-state index contributed by atoms with van der Waals surface area (Å²) >= 11 is 7.08. The van der Waals surface area contributed by atoms with Gasteiger partial charge in [-0.15, -0.1) is 23.4 Å². The second kappa shape index (κ2) is 7.97. The molecule has 96 valence electrons. The Bertz CT molecular complexity index is 409. The molecule has 0 amide bonds. The van der Waals surface area contributed by atoms with E-state index in [0.717, 1.165) is 10.6 Å². The zero-order valence-corrected chi connectivity index (χ0v) is 11.8. The van der Waals surface area contributed by atoms with E-state index >= 15 is 0 Å². The Labute approximate surface area is 112 Å². The molecule has 0 radical (unpaired) electrons. The van der Waals surface area contributed by atoms with Crippen LogP contribution >= 0.6 is 23.4 Å². The summed E-state index contributed by atoms with van der Waals surface area (Å²) in [7, 11) is -3.15. The molecule has 0 aliphatic rings. The van der Waals surface area contributed by atoms with E-state index in [1.165, 1.54) is 0 Å². The van der Waals surface area contributed by atoms with Gasteiger partial charge in [0.15, 0.2) is 0 Å². The molecule has 6 heteroatoms. The van der Waals surface area contributed by atoms with E-state index < -0.39 is 10.0 Å². The summed E-state index contributed by atoms with van der Waals surface area (Å²) in [5, 5.41) is 0. The fraction of sp³-hybridized carbons (Fsp3) is 0.455. The Morgan fingerprint density at radius 2 is 1.94 bits per heavy atom. The molecule has 0 saturated heterocycles. The number of benzene rings is 1. The third kappa shape index (κ3) is 6.93. The molecule has 0 aromatic heterocycles. The summed E-state index contributed by atoms with van der Waals surface area (Å²) in [5.74, 6) is 1.20. The lowest BCUT2D eigenvalue weighted by atomic mass is 10.4. The van der Waals surface area contributed by atoms with Crippen LogP contribution in [0.5, 0.6) is 0 Å². The van der Waals surface area contributed by atoms with Gasteiger partial charge in [0.2, 0.25) is 10.0 Å². The van der Waals surface area contributed by atoms with E-state index in [1.807, 2.05) is 30.3 Å². The Morgan fingerprint density at radius 1 is 1.24 bits per heavy atom. The van der Waals surface area contributed by atoms with Crippen molar-refractivity contribution in [2.75, 3.05) is 23.9 Å². The number of alkyl halides is 1. The monoisotopic (exact) mass is 293 g/mol. The summed E-state index contributed by atoms with van der Waals surface area (Å²) in [6, 6.07) is 9.90. The van der Waals surface area contributed by atoms with Gasteiger partial charge in [-0.1, -0.05) is 18.2 Å². The van der Waals surface area contributed by atoms with E-state index in [0.29, 0.717) is 18.8 Å². The molecule has 1 aromatic rings. The fourth-order valence-electron chi connectivity index (χ4n) is 1.20. The fourth-order valence-corrected chi connectivity index (χ4v) is 3.49. The van der Waals surface area contributed by atoms with Crippen LogP contribution in [0.3, 0.4) is 0 Å². The number of thioether (sulfide) groups is 1. The van der Waals surface area contributed by atoms with Gasteiger partial charge in [0.25, 0.3) is 0 Å². The molecule has 0 saturated carbocycles. The first-order valence-corrected chi connectivity index (χ1v) is 8.52. The number of hydrogen-bond acceptors (Lipinski definition) is 3. The van der Waals surface area contributed by atoms with Crippen molar-refractivity contribution in [3.8, 4) is 0 Å². The minimum absolute atomic E-state index is 0.104. The van der Waals surface area contributed by atoms with Crippen LogP contribution in [0.15, 0.2) is 35.2 Å². The summed E-state index contributed by atoms with van der Waals surface area (Å²) in [5.41, 5.74) is 0. The molecule has 1 rings (SSSR count). The average molecular weight is 294 g/mol. The minimum atomic E-state index is -3.15. The highest BCUT2D eigenvalue weighted by Gasteiger charge is 2.08. The Balaban J connectivity index is 2.20. The number of hydrogen-bond donors (Lipinski definition) is 1. The molecule has 0 fully saturated rings. The molecule has 0 bridgehead atoms. The van der Waals surface area contributed by atoms with Gasteiger partial charge in [-0.05, 0) is 18.6 Å². The third-order valence-electron chi connectivity index (χ3n) is 1.98. The van der Waals surface area contributed by atoms with Crippen LogP contribution in [0.4, 0.5) is 0 Å². The van der Waals surface area contributed by atoms with Crippen molar-refractivity contribution in [3.63, 3.8) is 0 Å². The molecule has 1 N–H and O–H groups in total. The van der Waals surface area contributed by atoms with Crippen molar-refractivity contribution in [2.45, 2.75) is 11.3 Å². The Kier molecular flexibility index (Phi) is 6.96. The van der Waals surface area contributed by atoms with Gasteiger partial charge in [-0.25, -0.2) is 13.1 Å². The van der Waals surface area contributed by atoms with Crippen molar-refractivity contribution < 1.29 is 8.42 Å². The van der Waals surface area contributed by atoms with Crippen LogP contribution in [0.25, 0.3) is 0 Å². The van der Waals surface area contributed by atoms with Gasteiger partial charge in [0.1, 0.15) is 0 Å². The molecule has 3 nitrogen and oxygen atoms in total. The Hall–Kier alpha value is -0.230. The maximum absolute atomic E-state index is 11.4. The highest BCUT2D eigenvalue weighted by Crippen LogP contribution is 2.15. The first kappa shape index (κ1) is 14.8. The maximum Gasteiger partial charge on any atom is 0.211 e. The lowest BCUT2D eigenvalue weighted by molar-refractivity contribution is 0.583. The zero-order chi connectivity index (χ0) is 12.6. The maximum atomic E-state index is 11.4. The Morgan fingerprint density at radius 3 is 2.59 bits per heavy atom. The van der Waals surface area contributed by atoms with Gasteiger partial charge in [0, 0.05) is 23.1 Å². The van der Waals surface area contributed by atoms with E-state index in [1.54, 1.807) is 11.8 Å². The van der Waals surface area contributed by atoms with Gasteiger partial charge in [0.05, 0.1) is 5.75 Å². The van der Waals surface area contributed by atoms with E-state index in [2.05, 4.69) is 4.72 Å². The van der Waals surface area contributed by atoms with Crippen molar-refractivity contribution in [1.82, 2.24) is 4.72 Å². The second-order valence-electron chi connectivity index (χ2n) is 3.42. The number of nitrogens with one attached hydrogen (secondary N) is 1. The third-order valence-corrected chi connectivity index (χ3v) is 4.73. The van der Waals surface area contributed by atoms with Gasteiger partial charge in [-0.2, -0.15) is 0 Å². The number of sulfonamides is 1. The second-order valence-corrected chi connectivity index (χ2v) is 6.89. The lowest BCUT2D eigenvalue weighted by Crippen LogP contribution is -2.28. The van der Waals surface area contributed by atoms with Gasteiger partial charge in [-0.3, -0.25) is 0 Å². The zero-order valence-electron chi connectivity index (χ0n) is 9.43. The van der Waals surface area contributed by atoms with Crippen LogP contribution in [-0.2, 0) is 10.0 Å². The molecular formula is C11H16ClNO2S2. The van der Waals surface area contributed by atoms with Crippen LogP contribution in [0, 0.1) is 0 Å². The van der Waals surface area contributed by atoms with Crippen LogP contribution in [0.2, 0.25) is 0 Å². The highest BCUT2D eigenvalue weighted by atomic mass is 35.5. The summed E-state index contributed by atoms with van der Waals surface area (Å²) in [6.45, 7) is 0.449. The van der Waals surface area contributed by atoms with E-state index in [9.17, 15) is 8.42 Å². The molecule has 0 atom stereocenters. The predicted molar refractivity (Wildman–Crippen MR) is 74.3 cm³/mol. The smallest absolute Gasteiger partial charge is 0.211 e. The normalized spacial score (nSPS) is 11.6. The van der Waals surface area contributed by atoms with Crippen LogP contribution in [-0.4, -0.2) is 32.3 Å². The van der Waals surface area contributed by atoms with E-state index in [4.69, 9.17) is 11.6 Å². The van der Waals surface area contributed by atoms with Crippen molar-refractivity contribution in [2.24, 2.45) is 0 Å². The minimum Gasteiger partial charge on any atom is -0.214 e. The van der Waals surface area contributed by atoms with Gasteiger partial charge >= 0.3 is 0 Å². The van der Waals surface area contributed by atoms with Crippen molar-refractivity contribution in [3.05, 3.63) is 30.3 Å². The van der Waals surface area contributed by atoms with E-state index in [-0.39, 0.29) is 5.75 Å². The molecule has 0 spiro atoms. The first-order chi connectivity index (χ1) is 8.14. The molecule has 1 aromatic carbocycles. The summed E-state index contributed by atoms with van der Waals surface area (Å²) < 4.78 is 25.4. The number of halogens is 1. The standard InChI is InChI=1S/C11H16ClNO2S2/c12-7-4-10-17(14,15)13-8-9-16-11-5-2-1-3-6-11/h1-3,5-6,13H,4,7-10H2.